The van der Waals surface area contributed by atoms with E-state index in [1.807, 2.05) is 37.3 Å². The summed E-state index contributed by atoms with van der Waals surface area (Å²) in [6.07, 6.45) is 0. The van der Waals surface area contributed by atoms with Gasteiger partial charge in [0.1, 0.15) is 5.75 Å². The van der Waals surface area contributed by atoms with E-state index in [4.69, 9.17) is 22.1 Å². The molecule has 0 aliphatic rings. The fraction of sp³-hybridized carbons (Fsp3) is 0.0769. The number of hydrogen-bond donors (Lipinski definition) is 1. The molecule has 3 heteroatoms. The first-order valence-corrected chi connectivity index (χ1v) is 5.34. The first-order chi connectivity index (χ1) is 7.68. The van der Waals surface area contributed by atoms with E-state index in [9.17, 15) is 0 Å². The molecule has 82 valence electrons. The lowest BCUT2D eigenvalue weighted by molar-refractivity contribution is 0.481. The molecule has 0 spiro atoms. The van der Waals surface area contributed by atoms with Gasteiger partial charge < -0.3 is 10.5 Å². The number of rotatable bonds is 2. The number of benzene rings is 2. The van der Waals surface area contributed by atoms with Crippen molar-refractivity contribution in [1.82, 2.24) is 0 Å². The van der Waals surface area contributed by atoms with Gasteiger partial charge in [-0.3, -0.25) is 0 Å². The van der Waals surface area contributed by atoms with Gasteiger partial charge in [-0.15, -0.1) is 0 Å². The predicted molar refractivity (Wildman–Crippen MR) is 67.1 cm³/mol. The zero-order valence-corrected chi connectivity index (χ0v) is 9.66. The monoisotopic (exact) mass is 233 g/mol. The number of nitrogen functional groups attached to an aromatic ring is 1. The van der Waals surface area contributed by atoms with Gasteiger partial charge in [-0.2, -0.15) is 0 Å². The summed E-state index contributed by atoms with van der Waals surface area (Å²) in [5.41, 5.74) is 7.45. The predicted octanol–water partition coefficient (Wildman–Crippen LogP) is 4.02. The van der Waals surface area contributed by atoms with E-state index < -0.39 is 0 Å². The summed E-state index contributed by atoms with van der Waals surface area (Å²) in [6.45, 7) is 1.95. The van der Waals surface area contributed by atoms with Crippen LogP contribution in [0.4, 0.5) is 5.69 Å². The second-order valence-electron chi connectivity index (χ2n) is 3.53. The molecular weight excluding hydrogens is 222 g/mol. The minimum Gasteiger partial charge on any atom is -0.453 e. The molecule has 0 heterocycles. The minimum atomic E-state index is 0.574. The standard InChI is InChI=1S/C13H12ClNO/c1-9-5-4-7-11(15)13(9)16-12-8-3-2-6-10(12)14/h2-8H,15H2,1H3. The fourth-order valence-electron chi connectivity index (χ4n) is 1.45. The van der Waals surface area contributed by atoms with E-state index in [1.165, 1.54) is 0 Å². The van der Waals surface area contributed by atoms with Crippen molar-refractivity contribution in [3.8, 4) is 11.5 Å². The van der Waals surface area contributed by atoms with E-state index in [0.29, 0.717) is 22.2 Å². The van der Waals surface area contributed by atoms with Gasteiger partial charge in [0.05, 0.1) is 10.7 Å². The van der Waals surface area contributed by atoms with Crippen LogP contribution in [0.15, 0.2) is 42.5 Å². The Bertz CT molecular complexity index is 491. The first-order valence-electron chi connectivity index (χ1n) is 4.96. The third kappa shape index (κ3) is 2.12. The van der Waals surface area contributed by atoms with Crippen LogP contribution in [0.5, 0.6) is 11.5 Å². The summed E-state index contributed by atoms with van der Waals surface area (Å²) in [5.74, 6) is 1.28. The van der Waals surface area contributed by atoms with Crippen molar-refractivity contribution in [2.45, 2.75) is 6.92 Å². The number of aryl methyl sites for hydroxylation is 1. The van der Waals surface area contributed by atoms with E-state index in [2.05, 4.69) is 0 Å². The second-order valence-corrected chi connectivity index (χ2v) is 3.93. The lowest BCUT2D eigenvalue weighted by atomic mass is 10.2. The summed E-state index contributed by atoms with van der Waals surface area (Å²) in [6, 6.07) is 13.0. The molecule has 2 N–H and O–H groups in total. The average molecular weight is 234 g/mol. The molecule has 0 saturated carbocycles. The minimum absolute atomic E-state index is 0.574. The van der Waals surface area contributed by atoms with E-state index >= 15 is 0 Å². The van der Waals surface area contributed by atoms with Crippen LogP contribution in [-0.4, -0.2) is 0 Å². The highest BCUT2D eigenvalue weighted by Gasteiger charge is 2.07. The maximum atomic E-state index is 6.01. The average Bonchev–Trinajstić information content (AvgIpc) is 2.26. The van der Waals surface area contributed by atoms with Crippen molar-refractivity contribution in [3.63, 3.8) is 0 Å². The van der Waals surface area contributed by atoms with E-state index in [1.54, 1.807) is 12.1 Å². The summed E-state index contributed by atoms with van der Waals surface area (Å²) in [5, 5.41) is 0.574. The number of ether oxygens (including phenoxy) is 1. The summed E-state index contributed by atoms with van der Waals surface area (Å²) in [7, 11) is 0. The molecule has 0 fully saturated rings. The highest BCUT2D eigenvalue weighted by molar-refractivity contribution is 6.32. The molecule has 2 aromatic carbocycles. The molecule has 16 heavy (non-hydrogen) atoms. The molecule has 0 bridgehead atoms. The number of anilines is 1. The lowest BCUT2D eigenvalue weighted by Gasteiger charge is -2.11. The van der Waals surface area contributed by atoms with Gasteiger partial charge in [0.15, 0.2) is 5.75 Å². The molecule has 0 atom stereocenters. The Kier molecular flexibility index (Phi) is 3.02. The highest BCUT2D eigenvalue weighted by Crippen LogP contribution is 2.34. The number of halogens is 1. The highest BCUT2D eigenvalue weighted by atomic mass is 35.5. The van der Waals surface area contributed by atoms with Crippen LogP contribution in [0, 0.1) is 6.92 Å². The molecular formula is C13H12ClNO. The maximum absolute atomic E-state index is 6.01. The summed E-state index contributed by atoms with van der Waals surface area (Å²) >= 11 is 6.01. The second kappa shape index (κ2) is 4.45. The van der Waals surface area contributed by atoms with Gasteiger partial charge in [0.25, 0.3) is 0 Å². The van der Waals surface area contributed by atoms with Gasteiger partial charge in [0.2, 0.25) is 0 Å². The Morgan fingerprint density at radius 1 is 1.06 bits per heavy atom. The SMILES string of the molecule is Cc1cccc(N)c1Oc1ccccc1Cl. The molecule has 0 unspecified atom stereocenters. The molecule has 2 aromatic rings. The zero-order chi connectivity index (χ0) is 11.5. The molecule has 0 aliphatic carbocycles. The zero-order valence-electron chi connectivity index (χ0n) is 8.91. The van der Waals surface area contributed by atoms with Crippen molar-refractivity contribution in [2.75, 3.05) is 5.73 Å². The van der Waals surface area contributed by atoms with Crippen LogP contribution < -0.4 is 10.5 Å². The molecule has 0 aromatic heterocycles. The molecule has 0 amide bonds. The summed E-state index contributed by atoms with van der Waals surface area (Å²) in [4.78, 5) is 0. The number of nitrogens with two attached hydrogens (primary N) is 1. The van der Waals surface area contributed by atoms with Gasteiger partial charge in [-0.25, -0.2) is 0 Å². The Labute approximate surface area is 99.6 Å². The van der Waals surface area contributed by atoms with Crippen molar-refractivity contribution < 1.29 is 4.74 Å². The topological polar surface area (TPSA) is 35.2 Å². The molecule has 2 rings (SSSR count). The molecule has 0 saturated heterocycles. The number of para-hydroxylation sites is 2. The Balaban J connectivity index is 2.38. The van der Waals surface area contributed by atoms with Crippen molar-refractivity contribution >= 4 is 17.3 Å². The van der Waals surface area contributed by atoms with Crippen LogP contribution in [0.2, 0.25) is 5.02 Å². The first kappa shape index (κ1) is 10.8. The van der Waals surface area contributed by atoms with Crippen LogP contribution in [-0.2, 0) is 0 Å². The maximum Gasteiger partial charge on any atom is 0.153 e. The molecule has 0 aliphatic heterocycles. The van der Waals surface area contributed by atoms with Crippen molar-refractivity contribution in [1.29, 1.82) is 0 Å². The van der Waals surface area contributed by atoms with Gasteiger partial charge in [-0.05, 0) is 30.7 Å². The van der Waals surface area contributed by atoms with Gasteiger partial charge >= 0.3 is 0 Å². The smallest absolute Gasteiger partial charge is 0.153 e. The van der Waals surface area contributed by atoms with Gasteiger partial charge in [-0.1, -0.05) is 35.9 Å². The van der Waals surface area contributed by atoms with E-state index in [-0.39, 0.29) is 0 Å². The third-order valence-electron chi connectivity index (χ3n) is 2.29. The largest absolute Gasteiger partial charge is 0.453 e. The molecule has 0 radical (unpaired) electrons. The van der Waals surface area contributed by atoms with Crippen LogP contribution in [0.25, 0.3) is 0 Å². The van der Waals surface area contributed by atoms with Crippen molar-refractivity contribution in [3.05, 3.63) is 53.1 Å². The Hall–Kier alpha value is -1.67. The Morgan fingerprint density at radius 2 is 1.81 bits per heavy atom. The summed E-state index contributed by atoms with van der Waals surface area (Å²) < 4.78 is 5.71. The quantitative estimate of drug-likeness (QED) is 0.795. The van der Waals surface area contributed by atoms with Gasteiger partial charge in [0, 0.05) is 0 Å². The van der Waals surface area contributed by atoms with Crippen LogP contribution in [0.3, 0.4) is 0 Å². The van der Waals surface area contributed by atoms with E-state index in [0.717, 1.165) is 5.56 Å². The fourth-order valence-corrected chi connectivity index (χ4v) is 1.63. The third-order valence-corrected chi connectivity index (χ3v) is 2.60. The van der Waals surface area contributed by atoms with Crippen LogP contribution in [0.1, 0.15) is 5.56 Å². The Morgan fingerprint density at radius 3 is 2.50 bits per heavy atom. The molecule has 2 nitrogen and oxygen atoms in total. The number of hydrogen-bond acceptors (Lipinski definition) is 2. The lowest BCUT2D eigenvalue weighted by Crippen LogP contribution is -1.94. The van der Waals surface area contributed by atoms with Crippen molar-refractivity contribution in [2.24, 2.45) is 0 Å². The van der Waals surface area contributed by atoms with Crippen LogP contribution >= 0.6 is 11.6 Å². The normalized spacial score (nSPS) is 10.1.